The molecule has 2 N–H and O–H groups in total. The molecular weight excluding hydrogens is 220 g/mol. The second-order valence-electron chi connectivity index (χ2n) is 3.66. The zero-order chi connectivity index (χ0) is 11.1. The van der Waals surface area contributed by atoms with Gasteiger partial charge in [-0.15, -0.1) is 11.3 Å². The van der Waals surface area contributed by atoms with Crippen molar-refractivity contribution >= 4 is 27.2 Å². The smallest absolute Gasteiger partial charge is 0.106 e. The second-order valence-corrected chi connectivity index (χ2v) is 4.55. The first-order valence-corrected chi connectivity index (χ1v) is 5.77. The summed E-state index contributed by atoms with van der Waals surface area (Å²) in [5, 5.41) is 4.25. The standard InChI is InChI=1S/C11H10N4S/c1-7-4-14-15(5-7)8-2-3-9-11(10(8)12)13-6-16-9/h2-6H,12H2,1H3. The Morgan fingerprint density at radius 3 is 3.00 bits per heavy atom. The molecule has 0 fully saturated rings. The fourth-order valence-corrected chi connectivity index (χ4v) is 2.38. The normalized spacial score (nSPS) is 11.1. The first kappa shape index (κ1) is 9.35. The van der Waals surface area contributed by atoms with Crippen molar-refractivity contribution in [3.8, 4) is 5.69 Å². The van der Waals surface area contributed by atoms with Crippen LogP contribution in [0.15, 0.2) is 30.0 Å². The lowest BCUT2D eigenvalue weighted by atomic mass is 10.2. The van der Waals surface area contributed by atoms with Crippen LogP contribution in [0.2, 0.25) is 0 Å². The zero-order valence-electron chi connectivity index (χ0n) is 8.71. The van der Waals surface area contributed by atoms with E-state index in [0.29, 0.717) is 5.69 Å². The Morgan fingerprint density at radius 2 is 2.25 bits per heavy atom. The van der Waals surface area contributed by atoms with Crippen molar-refractivity contribution in [2.75, 3.05) is 5.73 Å². The molecular formula is C11H10N4S. The van der Waals surface area contributed by atoms with Crippen LogP contribution in [-0.2, 0) is 0 Å². The van der Waals surface area contributed by atoms with Gasteiger partial charge in [-0.2, -0.15) is 5.10 Å². The van der Waals surface area contributed by atoms with Crippen LogP contribution in [0, 0.1) is 6.92 Å². The summed E-state index contributed by atoms with van der Waals surface area (Å²) >= 11 is 1.59. The molecule has 2 heterocycles. The van der Waals surface area contributed by atoms with Crippen LogP contribution >= 0.6 is 11.3 Å². The van der Waals surface area contributed by atoms with E-state index in [9.17, 15) is 0 Å². The molecule has 4 nitrogen and oxygen atoms in total. The molecule has 2 aromatic heterocycles. The zero-order valence-corrected chi connectivity index (χ0v) is 9.53. The van der Waals surface area contributed by atoms with Crippen LogP contribution in [0.3, 0.4) is 0 Å². The van der Waals surface area contributed by atoms with E-state index < -0.39 is 0 Å². The molecule has 5 heteroatoms. The molecule has 80 valence electrons. The van der Waals surface area contributed by atoms with Crippen LogP contribution in [0.25, 0.3) is 15.9 Å². The molecule has 3 aromatic rings. The molecule has 0 saturated heterocycles. The third kappa shape index (κ3) is 1.29. The first-order valence-electron chi connectivity index (χ1n) is 4.89. The topological polar surface area (TPSA) is 56.7 Å². The molecule has 0 unspecified atom stereocenters. The van der Waals surface area contributed by atoms with Crippen LogP contribution in [-0.4, -0.2) is 14.8 Å². The number of thiazole rings is 1. The molecule has 0 saturated carbocycles. The van der Waals surface area contributed by atoms with Crippen molar-refractivity contribution in [1.82, 2.24) is 14.8 Å². The van der Waals surface area contributed by atoms with Gasteiger partial charge in [-0.05, 0) is 24.6 Å². The number of aromatic nitrogens is 3. The number of rotatable bonds is 1. The quantitative estimate of drug-likeness (QED) is 0.653. The van der Waals surface area contributed by atoms with Gasteiger partial charge < -0.3 is 5.73 Å². The molecule has 0 bridgehead atoms. The van der Waals surface area contributed by atoms with Gasteiger partial charge in [0.2, 0.25) is 0 Å². The Kier molecular flexibility index (Phi) is 1.94. The Hall–Kier alpha value is -1.88. The van der Waals surface area contributed by atoms with Gasteiger partial charge >= 0.3 is 0 Å². The first-order chi connectivity index (χ1) is 7.75. The van der Waals surface area contributed by atoms with E-state index in [-0.39, 0.29) is 0 Å². The molecule has 0 aliphatic rings. The molecule has 0 radical (unpaired) electrons. The maximum atomic E-state index is 6.09. The Balaban J connectivity index is 2.27. The number of nitrogens with two attached hydrogens (primary N) is 1. The van der Waals surface area contributed by atoms with E-state index in [0.717, 1.165) is 21.5 Å². The summed E-state index contributed by atoms with van der Waals surface area (Å²) in [6.07, 6.45) is 3.76. The highest BCUT2D eigenvalue weighted by Crippen LogP contribution is 2.28. The minimum atomic E-state index is 0.682. The molecule has 0 aliphatic carbocycles. The molecule has 0 aliphatic heterocycles. The van der Waals surface area contributed by atoms with Gasteiger partial charge in [-0.3, -0.25) is 0 Å². The molecule has 0 spiro atoms. The summed E-state index contributed by atoms with van der Waals surface area (Å²) in [6, 6.07) is 4.00. The summed E-state index contributed by atoms with van der Waals surface area (Å²) in [5.41, 5.74) is 11.4. The van der Waals surface area contributed by atoms with Crippen LogP contribution in [0.1, 0.15) is 5.56 Å². The van der Waals surface area contributed by atoms with Crippen molar-refractivity contribution in [3.63, 3.8) is 0 Å². The molecule has 3 rings (SSSR count). The predicted octanol–water partition coefficient (Wildman–Crippen LogP) is 2.37. The SMILES string of the molecule is Cc1cnn(-c2ccc3scnc3c2N)c1. The molecule has 0 amide bonds. The van der Waals surface area contributed by atoms with Crippen molar-refractivity contribution in [3.05, 3.63) is 35.6 Å². The van der Waals surface area contributed by atoms with Gasteiger partial charge in [-0.1, -0.05) is 0 Å². The Labute approximate surface area is 96.3 Å². The van der Waals surface area contributed by atoms with Gasteiger partial charge in [0.15, 0.2) is 0 Å². The second kappa shape index (κ2) is 3.31. The lowest BCUT2D eigenvalue weighted by Crippen LogP contribution is -2.00. The van der Waals surface area contributed by atoms with Gasteiger partial charge in [0, 0.05) is 6.20 Å². The number of aryl methyl sites for hydroxylation is 1. The summed E-state index contributed by atoms with van der Waals surface area (Å²) in [6.45, 7) is 2.00. The van der Waals surface area contributed by atoms with E-state index in [1.54, 1.807) is 21.5 Å². The lowest BCUT2D eigenvalue weighted by Gasteiger charge is -2.05. The fourth-order valence-electron chi connectivity index (χ4n) is 1.69. The van der Waals surface area contributed by atoms with Crippen molar-refractivity contribution in [2.45, 2.75) is 6.92 Å². The van der Waals surface area contributed by atoms with E-state index >= 15 is 0 Å². The predicted molar refractivity (Wildman–Crippen MR) is 65.9 cm³/mol. The van der Waals surface area contributed by atoms with Gasteiger partial charge in [0.25, 0.3) is 0 Å². The van der Waals surface area contributed by atoms with E-state index in [4.69, 9.17) is 5.73 Å². The highest BCUT2D eigenvalue weighted by molar-refractivity contribution is 7.16. The van der Waals surface area contributed by atoms with Crippen molar-refractivity contribution in [2.24, 2.45) is 0 Å². The number of hydrogen-bond acceptors (Lipinski definition) is 4. The highest BCUT2D eigenvalue weighted by Gasteiger charge is 2.08. The number of nitrogens with zero attached hydrogens (tertiary/aromatic N) is 3. The van der Waals surface area contributed by atoms with Crippen molar-refractivity contribution < 1.29 is 0 Å². The number of nitrogen functional groups attached to an aromatic ring is 1. The van der Waals surface area contributed by atoms with E-state index in [1.807, 2.05) is 31.5 Å². The fraction of sp³-hybridized carbons (Fsp3) is 0.0909. The lowest BCUT2D eigenvalue weighted by molar-refractivity contribution is 0.884. The minimum absolute atomic E-state index is 0.682. The Bertz CT molecular complexity index is 653. The number of anilines is 1. The minimum Gasteiger partial charge on any atom is -0.395 e. The molecule has 1 aromatic carbocycles. The monoisotopic (exact) mass is 230 g/mol. The third-order valence-corrected chi connectivity index (χ3v) is 3.27. The number of hydrogen-bond donors (Lipinski definition) is 1. The maximum absolute atomic E-state index is 6.09. The summed E-state index contributed by atoms with van der Waals surface area (Å²) < 4.78 is 2.88. The van der Waals surface area contributed by atoms with Crippen molar-refractivity contribution in [1.29, 1.82) is 0 Å². The largest absolute Gasteiger partial charge is 0.395 e. The summed E-state index contributed by atoms with van der Waals surface area (Å²) in [7, 11) is 0. The van der Waals surface area contributed by atoms with Gasteiger partial charge in [0.05, 0.1) is 27.8 Å². The molecule has 16 heavy (non-hydrogen) atoms. The average molecular weight is 230 g/mol. The van der Waals surface area contributed by atoms with Crippen LogP contribution in [0.4, 0.5) is 5.69 Å². The molecule has 0 atom stereocenters. The van der Waals surface area contributed by atoms with Gasteiger partial charge in [0.1, 0.15) is 5.52 Å². The summed E-state index contributed by atoms with van der Waals surface area (Å²) in [4.78, 5) is 4.26. The maximum Gasteiger partial charge on any atom is 0.106 e. The number of fused-ring (bicyclic) bond motifs is 1. The Morgan fingerprint density at radius 1 is 1.38 bits per heavy atom. The highest BCUT2D eigenvalue weighted by atomic mass is 32.1. The van der Waals surface area contributed by atoms with E-state index in [2.05, 4.69) is 10.1 Å². The number of benzene rings is 1. The van der Waals surface area contributed by atoms with E-state index in [1.165, 1.54) is 0 Å². The van der Waals surface area contributed by atoms with Gasteiger partial charge in [-0.25, -0.2) is 9.67 Å². The van der Waals surface area contributed by atoms with Crippen LogP contribution < -0.4 is 5.73 Å². The average Bonchev–Trinajstić information content (AvgIpc) is 2.87. The third-order valence-electron chi connectivity index (χ3n) is 2.48. The van der Waals surface area contributed by atoms with Crippen LogP contribution in [0.5, 0.6) is 0 Å². The summed E-state index contributed by atoms with van der Waals surface area (Å²) in [5.74, 6) is 0.